The molecule has 0 spiro atoms. The fourth-order valence-electron chi connectivity index (χ4n) is 2.77. The van der Waals surface area contributed by atoms with Crippen LogP contribution in [-0.4, -0.2) is 10.9 Å². The first-order valence-corrected chi connectivity index (χ1v) is 7.11. The molecule has 2 aliphatic carbocycles. The SMILES string of the molecule is O=C(Nc1nccs1)[C@H]1[C@H]2/C=C\CCCC[C@H]21. The van der Waals surface area contributed by atoms with E-state index in [1.54, 1.807) is 6.20 Å². The van der Waals surface area contributed by atoms with Crippen molar-refractivity contribution >= 4 is 22.4 Å². The maximum Gasteiger partial charge on any atom is 0.230 e. The molecule has 0 aromatic carbocycles. The van der Waals surface area contributed by atoms with Crippen molar-refractivity contribution < 1.29 is 4.79 Å². The highest BCUT2D eigenvalue weighted by Gasteiger charge is 2.52. The number of carbonyl (C=O) groups excluding carboxylic acids is 1. The number of anilines is 1. The smallest absolute Gasteiger partial charge is 0.230 e. The number of allylic oxidation sites excluding steroid dienone is 2. The van der Waals surface area contributed by atoms with Gasteiger partial charge in [-0.25, -0.2) is 4.98 Å². The van der Waals surface area contributed by atoms with Crippen LogP contribution in [0.25, 0.3) is 0 Å². The number of hydrogen-bond donors (Lipinski definition) is 1. The third-order valence-corrected chi connectivity index (χ3v) is 4.40. The van der Waals surface area contributed by atoms with E-state index in [1.165, 1.54) is 37.0 Å². The van der Waals surface area contributed by atoms with E-state index in [2.05, 4.69) is 22.5 Å². The van der Waals surface area contributed by atoms with Crippen LogP contribution >= 0.6 is 11.3 Å². The molecule has 3 nitrogen and oxygen atoms in total. The number of nitrogens with zero attached hydrogens (tertiary/aromatic N) is 1. The van der Waals surface area contributed by atoms with E-state index in [9.17, 15) is 4.79 Å². The maximum atomic E-state index is 12.1. The third kappa shape index (κ3) is 2.27. The van der Waals surface area contributed by atoms with Gasteiger partial charge in [0.2, 0.25) is 5.91 Å². The maximum absolute atomic E-state index is 12.1. The summed E-state index contributed by atoms with van der Waals surface area (Å²) in [6.07, 6.45) is 11.1. The van der Waals surface area contributed by atoms with Crippen molar-refractivity contribution in [2.24, 2.45) is 17.8 Å². The van der Waals surface area contributed by atoms with Crippen LogP contribution in [0.2, 0.25) is 0 Å². The molecule has 90 valence electrons. The highest BCUT2D eigenvalue weighted by molar-refractivity contribution is 7.13. The number of fused-ring (bicyclic) bond motifs is 1. The Labute approximate surface area is 105 Å². The average molecular weight is 248 g/mol. The van der Waals surface area contributed by atoms with Gasteiger partial charge in [-0.05, 0) is 31.1 Å². The van der Waals surface area contributed by atoms with Gasteiger partial charge in [0.1, 0.15) is 0 Å². The fourth-order valence-corrected chi connectivity index (χ4v) is 3.31. The lowest BCUT2D eigenvalue weighted by Crippen LogP contribution is -2.15. The van der Waals surface area contributed by atoms with E-state index >= 15 is 0 Å². The molecule has 0 radical (unpaired) electrons. The van der Waals surface area contributed by atoms with Crippen molar-refractivity contribution in [3.8, 4) is 0 Å². The van der Waals surface area contributed by atoms with Gasteiger partial charge in [0, 0.05) is 17.5 Å². The van der Waals surface area contributed by atoms with Crippen LogP contribution in [0.3, 0.4) is 0 Å². The topological polar surface area (TPSA) is 42.0 Å². The van der Waals surface area contributed by atoms with Gasteiger partial charge in [0.15, 0.2) is 5.13 Å². The van der Waals surface area contributed by atoms with Gasteiger partial charge in [-0.1, -0.05) is 18.6 Å². The number of thiazole rings is 1. The molecule has 1 aromatic heterocycles. The zero-order chi connectivity index (χ0) is 11.7. The minimum atomic E-state index is 0.154. The standard InChI is InChI=1S/C13H16N2OS/c16-12(15-13-14-7-8-17-13)11-9-5-3-1-2-4-6-10(9)11/h3,5,7-11H,1-2,4,6H2,(H,14,15,16)/b5-3-/t9-,10+,11-/m0/s1. The average Bonchev–Trinajstić information content (AvgIpc) is 2.72. The number of rotatable bonds is 2. The second-order valence-corrected chi connectivity index (χ2v) is 5.70. The summed E-state index contributed by atoms with van der Waals surface area (Å²) in [5.74, 6) is 1.40. The van der Waals surface area contributed by atoms with E-state index in [4.69, 9.17) is 0 Å². The molecule has 1 amide bonds. The molecule has 1 aromatic rings. The minimum Gasteiger partial charge on any atom is -0.302 e. The Kier molecular flexibility index (Phi) is 2.97. The third-order valence-electron chi connectivity index (χ3n) is 3.71. The summed E-state index contributed by atoms with van der Waals surface area (Å²) in [6.45, 7) is 0. The van der Waals surface area contributed by atoms with Crippen molar-refractivity contribution in [2.45, 2.75) is 25.7 Å². The highest BCUT2D eigenvalue weighted by Crippen LogP contribution is 2.51. The van der Waals surface area contributed by atoms with Gasteiger partial charge >= 0.3 is 0 Å². The molecule has 3 rings (SSSR count). The van der Waals surface area contributed by atoms with Crippen molar-refractivity contribution in [3.05, 3.63) is 23.7 Å². The lowest BCUT2D eigenvalue weighted by atomic mass is 10.1. The predicted molar refractivity (Wildman–Crippen MR) is 68.8 cm³/mol. The molecule has 2 aliphatic rings. The van der Waals surface area contributed by atoms with Gasteiger partial charge in [-0.2, -0.15) is 0 Å². The molecule has 1 saturated carbocycles. The quantitative estimate of drug-likeness (QED) is 0.817. The Bertz CT molecular complexity index is 427. The van der Waals surface area contributed by atoms with E-state index in [1.807, 2.05) is 5.38 Å². The minimum absolute atomic E-state index is 0.154. The molecule has 0 unspecified atom stereocenters. The van der Waals surface area contributed by atoms with Gasteiger partial charge in [0.25, 0.3) is 0 Å². The molecular formula is C13H16N2OS. The molecule has 1 N–H and O–H groups in total. The summed E-state index contributed by atoms with van der Waals surface area (Å²) in [4.78, 5) is 16.2. The summed E-state index contributed by atoms with van der Waals surface area (Å²) in [5, 5.41) is 5.52. The largest absolute Gasteiger partial charge is 0.302 e. The Morgan fingerprint density at radius 2 is 2.41 bits per heavy atom. The zero-order valence-electron chi connectivity index (χ0n) is 9.63. The van der Waals surface area contributed by atoms with Gasteiger partial charge in [-0.15, -0.1) is 11.3 Å². The van der Waals surface area contributed by atoms with E-state index in [0.29, 0.717) is 11.8 Å². The summed E-state index contributed by atoms with van der Waals surface area (Å²) >= 11 is 1.48. The summed E-state index contributed by atoms with van der Waals surface area (Å²) in [6, 6.07) is 0. The van der Waals surface area contributed by atoms with Crippen LogP contribution < -0.4 is 5.32 Å². The van der Waals surface area contributed by atoms with Crippen LogP contribution in [0.5, 0.6) is 0 Å². The Hall–Kier alpha value is -1.16. The molecule has 4 heteroatoms. The number of amides is 1. The van der Waals surface area contributed by atoms with Crippen molar-refractivity contribution in [3.63, 3.8) is 0 Å². The summed E-state index contributed by atoms with van der Waals surface area (Å²) in [5.41, 5.74) is 0. The molecule has 17 heavy (non-hydrogen) atoms. The van der Waals surface area contributed by atoms with Crippen LogP contribution in [0, 0.1) is 17.8 Å². The van der Waals surface area contributed by atoms with Crippen LogP contribution in [-0.2, 0) is 4.79 Å². The van der Waals surface area contributed by atoms with E-state index < -0.39 is 0 Å². The number of carbonyl (C=O) groups is 1. The molecule has 0 saturated heterocycles. The van der Waals surface area contributed by atoms with Gasteiger partial charge in [0.05, 0.1) is 0 Å². The summed E-state index contributed by atoms with van der Waals surface area (Å²) in [7, 11) is 0. The number of hydrogen-bond acceptors (Lipinski definition) is 3. The lowest BCUT2D eigenvalue weighted by Gasteiger charge is -2.00. The fraction of sp³-hybridized carbons (Fsp3) is 0.538. The van der Waals surface area contributed by atoms with Crippen LogP contribution in [0.4, 0.5) is 5.13 Å². The molecule has 3 atom stereocenters. The van der Waals surface area contributed by atoms with E-state index in [-0.39, 0.29) is 11.8 Å². The van der Waals surface area contributed by atoms with Gasteiger partial charge < -0.3 is 5.32 Å². The highest BCUT2D eigenvalue weighted by atomic mass is 32.1. The Morgan fingerprint density at radius 1 is 1.47 bits per heavy atom. The normalized spacial score (nSPS) is 33.1. The number of nitrogens with one attached hydrogen (secondary N) is 1. The molecule has 0 bridgehead atoms. The predicted octanol–water partition coefficient (Wildman–Crippen LogP) is 3.07. The Morgan fingerprint density at radius 3 is 3.24 bits per heavy atom. The first-order chi connectivity index (χ1) is 8.36. The van der Waals surface area contributed by atoms with Crippen LogP contribution in [0.15, 0.2) is 23.7 Å². The van der Waals surface area contributed by atoms with E-state index in [0.717, 1.165) is 5.13 Å². The Balaban J connectivity index is 1.64. The zero-order valence-corrected chi connectivity index (χ0v) is 10.5. The molecule has 0 aliphatic heterocycles. The van der Waals surface area contributed by atoms with Crippen LogP contribution in [0.1, 0.15) is 25.7 Å². The second kappa shape index (κ2) is 4.61. The van der Waals surface area contributed by atoms with Crippen molar-refractivity contribution in [1.82, 2.24) is 4.98 Å². The molecule has 1 fully saturated rings. The summed E-state index contributed by atoms with van der Waals surface area (Å²) < 4.78 is 0. The lowest BCUT2D eigenvalue weighted by molar-refractivity contribution is -0.117. The second-order valence-electron chi connectivity index (χ2n) is 4.81. The monoisotopic (exact) mass is 248 g/mol. The molecule has 1 heterocycles. The first kappa shape index (κ1) is 11.0. The molecular weight excluding hydrogens is 232 g/mol. The van der Waals surface area contributed by atoms with Crippen molar-refractivity contribution in [1.29, 1.82) is 0 Å². The first-order valence-electron chi connectivity index (χ1n) is 6.23. The van der Waals surface area contributed by atoms with Gasteiger partial charge in [-0.3, -0.25) is 4.79 Å². The number of aromatic nitrogens is 1. The van der Waals surface area contributed by atoms with Crippen molar-refractivity contribution in [2.75, 3.05) is 5.32 Å².